The molecule has 0 radical (unpaired) electrons. The molecule has 0 bridgehead atoms. The van der Waals surface area contributed by atoms with Gasteiger partial charge in [0.15, 0.2) is 0 Å². The number of amides is 3. The number of nitrogens with zero attached hydrogens (tertiary/aromatic N) is 1. The Hall–Kier alpha value is -2.91. The predicted molar refractivity (Wildman–Crippen MR) is 98.1 cm³/mol. The first-order chi connectivity index (χ1) is 12.2. The van der Waals surface area contributed by atoms with E-state index in [9.17, 15) is 18.0 Å². The van der Waals surface area contributed by atoms with Crippen molar-refractivity contribution in [3.05, 3.63) is 59.7 Å². The second-order valence-electron chi connectivity index (χ2n) is 5.63. The topological polar surface area (TPSA) is 122 Å². The summed E-state index contributed by atoms with van der Waals surface area (Å²) in [5, 5.41) is 10.2. The van der Waals surface area contributed by atoms with Gasteiger partial charge in [0.25, 0.3) is 5.91 Å². The van der Waals surface area contributed by atoms with Crippen LogP contribution in [-0.4, -0.2) is 39.4 Å². The number of urea groups is 1. The maximum Gasteiger partial charge on any atom is 0.321 e. The van der Waals surface area contributed by atoms with E-state index in [0.717, 1.165) is 5.56 Å². The third-order valence-electron chi connectivity index (χ3n) is 3.64. The zero-order valence-corrected chi connectivity index (χ0v) is 15.2. The summed E-state index contributed by atoms with van der Waals surface area (Å²) >= 11 is 0. The van der Waals surface area contributed by atoms with Crippen LogP contribution in [0.4, 0.5) is 10.5 Å². The molecule has 3 amide bonds. The molecule has 8 nitrogen and oxygen atoms in total. The van der Waals surface area contributed by atoms with Crippen LogP contribution in [0.2, 0.25) is 0 Å². The molecule has 2 aromatic rings. The lowest BCUT2D eigenvalue weighted by atomic mass is 10.1. The van der Waals surface area contributed by atoms with Crippen LogP contribution in [0.3, 0.4) is 0 Å². The summed E-state index contributed by atoms with van der Waals surface area (Å²) in [5.74, 6) is -0.175. The minimum atomic E-state index is -3.77. The van der Waals surface area contributed by atoms with E-state index in [1.165, 1.54) is 29.2 Å². The van der Waals surface area contributed by atoms with Crippen molar-refractivity contribution in [1.82, 2.24) is 10.2 Å². The second-order valence-corrected chi connectivity index (χ2v) is 7.19. The van der Waals surface area contributed by atoms with Gasteiger partial charge in [-0.1, -0.05) is 12.1 Å². The van der Waals surface area contributed by atoms with Crippen LogP contribution in [0.25, 0.3) is 0 Å². The van der Waals surface area contributed by atoms with Crippen molar-refractivity contribution in [1.29, 1.82) is 0 Å². The molecule has 0 saturated heterocycles. The summed E-state index contributed by atoms with van der Waals surface area (Å²) in [4.78, 5) is 25.2. The Kier molecular flexibility index (Phi) is 5.96. The van der Waals surface area contributed by atoms with E-state index in [1.807, 2.05) is 0 Å². The quantitative estimate of drug-likeness (QED) is 0.729. The number of anilines is 1. The molecule has 0 aliphatic rings. The van der Waals surface area contributed by atoms with Crippen molar-refractivity contribution in [2.45, 2.75) is 11.4 Å². The Balaban J connectivity index is 1.98. The highest BCUT2D eigenvalue weighted by atomic mass is 32.2. The minimum absolute atomic E-state index is 0.0277. The van der Waals surface area contributed by atoms with Gasteiger partial charge in [-0.25, -0.2) is 18.4 Å². The maximum absolute atomic E-state index is 12.2. The van der Waals surface area contributed by atoms with E-state index in [-0.39, 0.29) is 16.8 Å². The third kappa shape index (κ3) is 5.04. The third-order valence-corrected chi connectivity index (χ3v) is 4.57. The van der Waals surface area contributed by atoms with Crippen molar-refractivity contribution in [3.63, 3.8) is 0 Å². The first-order valence-corrected chi connectivity index (χ1v) is 9.21. The molecule has 0 aliphatic carbocycles. The number of nitrogens with one attached hydrogen (secondary N) is 2. The molecule has 2 rings (SSSR count). The summed E-state index contributed by atoms with van der Waals surface area (Å²) in [6, 6.07) is 12.1. The van der Waals surface area contributed by atoms with E-state index in [1.54, 1.807) is 38.4 Å². The number of carbonyl (C=O) groups excluding carboxylic acids is 2. The average molecular weight is 376 g/mol. The van der Waals surface area contributed by atoms with Crippen molar-refractivity contribution >= 4 is 27.6 Å². The Morgan fingerprint density at radius 1 is 1.04 bits per heavy atom. The number of carbonyl (C=O) groups is 2. The van der Waals surface area contributed by atoms with Crippen molar-refractivity contribution < 1.29 is 18.0 Å². The van der Waals surface area contributed by atoms with Crippen molar-refractivity contribution in [3.8, 4) is 0 Å². The molecule has 0 unspecified atom stereocenters. The Morgan fingerprint density at radius 2 is 1.62 bits per heavy atom. The lowest BCUT2D eigenvalue weighted by Gasteiger charge is -2.18. The van der Waals surface area contributed by atoms with Crippen LogP contribution in [0.5, 0.6) is 0 Å². The molecule has 9 heteroatoms. The first kappa shape index (κ1) is 19.4. The predicted octanol–water partition coefficient (Wildman–Crippen LogP) is 1.36. The van der Waals surface area contributed by atoms with Crippen LogP contribution in [0.1, 0.15) is 15.9 Å². The maximum atomic E-state index is 12.2. The van der Waals surface area contributed by atoms with Gasteiger partial charge in [0.05, 0.1) is 4.90 Å². The zero-order valence-electron chi connectivity index (χ0n) is 14.4. The highest BCUT2D eigenvalue weighted by Crippen LogP contribution is 2.14. The highest BCUT2D eigenvalue weighted by molar-refractivity contribution is 7.89. The summed E-state index contributed by atoms with van der Waals surface area (Å²) in [5.41, 5.74) is 1.85. The SMILES string of the molecule is CNC(=O)c1ccc(CN(C)C(=O)Nc2ccc(S(N)(=O)=O)cc2)cc1. The minimum Gasteiger partial charge on any atom is -0.355 e. The zero-order chi connectivity index (χ0) is 19.3. The molecule has 0 aliphatic heterocycles. The highest BCUT2D eigenvalue weighted by Gasteiger charge is 2.12. The first-order valence-electron chi connectivity index (χ1n) is 7.66. The van der Waals surface area contributed by atoms with Gasteiger partial charge in [0.1, 0.15) is 0 Å². The summed E-state index contributed by atoms with van der Waals surface area (Å²) < 4.78 is 22.4. The molecule has 26 heavy (non-hydrogen) atoms. The van der Waals surface area contributed by atoms with E-state index >= 15 is 0 Å². The van der Waals surface area contributed by atoms with Gasteiger partial charge in [-0.2, -0.15) is 0 Å². The molecular formula is C17H20N4O4S. The number of hydrogen-bond donors (Lipinski definition) is 3. The van der Waals surface area contributed by atoms with E-state index in [4.69, 9.17) is 5.14 Å². The summed E-state index contributed by atoms with van der Waals surface area (Å²) in [6.07, 6.45) is 0. The number of hydrogen-bond acceptors (Lipinski definition) is 4. The summed E-state index contributed by atoms with van der Waals surface area (Å²) in [7, 11) is -0.583. The number of rotatable bonds is 5. The Bertz CT molecular complexity index is 893. The molecule has 0 heterocycles. The molecule has 0 atom stereocenters. The van der Waals surface area contributed by atoms with Crippen LogP contribution in [-0.2, 0) is 16.6 Å². The number of primary sulfonamides is 1. The molecule has 0 fully saturated rings. The average Bonchev–Trinajstić information content (AvgIpc) is 2.61. The van der Waals surface area contributed by atoms with Crippen LogP contribution in [0, 0.1) is 0 Å². The van der Waals surface area contributed by atoms with Crippen molar-refractivity contribution in [2.24, 2.45) is 5.14 Å². The normalized spacial score (nSPS) is 10.9. The van der Waals surface area contributed by atoms with E-state index < -0.39 is 10.0 Å². The van der Waals surface area contributed by atoms with Crippen molar-refractivity contribution in [2.75, 3.05) is 19.4 Å². The van der Waals surface area contributed by atoms with Gasteiger partial charge in [-0.15, -0.1) is 0 Å². The molecule has 138 valence electrons. The fraction of sp³-hybridized carbons (Fsp3) is 0.176. The van der Waals surface area contributed by atoms with Gasteiger partial charge in [-0.3, -0.25) is 4.79 Å². The van der Waals surface area contributed by atoms with E-state index in [2.05, 4.69) is 10.6 Å². The smallest absolute Gasteiger partial charge is 0.321 e. The molecular weight excluding hydrogens is 356 g/mol. The lowest BCUT2D eigenvalue weighted by Crippen LogP contribution is -2.30. The number of sulfonamides is 1. The van der Waals surface area contributed by atoms with Gasteiger partial charge in [0.2, 0.25) is 10.0 Å². The number of benzene rings is 2. The Labute approximate surface area is 152 Å². The fourth-order valence-electron chi connectivity index (χ4n) is 2.20. The molecule has 0 spiro atoms. The van der Waals surface area contributed by atoms with Gasteiger partial charge >= 0.3 is 6.03 Å². The Morgan fingerprint density at radius 3 is 2.12 bits per heavy atom. The summed E-state index contributed by atoms with van der Waals surface area (Å²) in [6.45, 7) is 0.342. The standard InChI is InChI=1S/C17H20N4O4S/c1-19-16(22)13-5-3-12(4-6-13)11-21(2)17(23)20-14-7-9-15(10-8-14)26(18,24)25/h3-10H,11H2,1-2H3,(H,19,22)(H,20,23)(H2,18,24,25). The number of nitrogens with two attached hydrogens (primary N) is 1. The molecule has 0 aromatic heterocycles. The van der Waals surface area contributed by atoms with Crippen LogP contribution >= 0.6 is 0 Å². The second kappa shape index (κ2) is 7.98. The van der Waals surface area contributed by atoms with E-state index in [0.29, 0.717) is 17.8 Å². The van der Waals surface area contributed by atoms with Crippen LogP contribution < -0.4 is 15.8 Å². The molecule has 0 saturated carbocycles. The largest absolute Gasteiger partial charge is 0.355 e. The molecule has 2 aromatic carbocycles. The monoisotopic (exact) mass is 376 g/mol. The van der Waals surface area contributed by atoms with Gasteiger partial charge < -0.3 is 15.5 Å². The lowest BCUT2D eigenvalue weighted by molar-refractivity contribution is 0.0963. The fourth-order valence-corrected chi connectivity index (χ4v) is 2.71. The molecule has 4 N–H and O–H groups in total. The van der Waals surface area contributed by atoms with Crippen LogP contribution in [0.15, 0.2) is 53.4 Å². The van der Waals surface area contributed by atoms with Gasteiger partial charge in [0, 0.05) is 31.9 Å². The van der Waals surface area contributed by atoms with Gasteiger partial charge in [-0.05, 0) is 42.0 Å².